The lowest BCUT2D eigenvalue weighted by Gasteiger charge is -2.41. The Morgan fingerprint density at radius 3 is 1.29 bits per heavy atom. The van der Waals surface area contributed by atoms with Gasteiger partial charge in [0.2, 0.25) is 0 Å². The van der Waals surface area contributed by atoms with Crippen LogP contribution >= 0.6 is 0 Å². The highest BCUT2D eigenvalue weighted by Gasteiger charge is 2.41. The third-order valence-corrected chi connectivity index (χ3v) is 7.45. The lowest BCUT2D eigenvalue weighted by atomic mass is 9.79. The first-order valence-corrected chi connectivity index (χ1v) is 13.0. The van der Waals surface area contributed by atoms with Crippen molar-refractivity contribution in [3.8, 4) is 0 Å². The highest BCUT2D eigenvalue weighted by atomic mass is 15.4. The fourth-order valence-corrected chi connectivity index (χ4v) is 6.19. The van der Waals surface area contributed by atoms with Gasteiger partial charge in [0.1, 0.15) is 0 Å². The summed E-state index contributed by atoms with van der Waals surface area (Å²) in [7, 11) is 0. The Kier molecular flexibility index (Phi) is 6.23. The maximum absolute atomic E-state index is 2.60. The second-order valence-corrected chi connectivity index (χ2v) is 12.3. The molecule has 1 fully saturated rings. The van der Waals surface area contributed by atoms with Crippen molar-refractivity contribution in [1.29, 1.82) is 0 Å². The summed E-state index contributed by atoms with van der Waals surface area (Å²) < 4.78 is 0. The number of fused-ring (bicyclic) bond motifs is 2. The van der Waals surface area contributed by atoms with Crippen LogP contribution in [-0.4, -0.2) is 22.9 Å². The van der Waals surface area contributed by atoms with Crippen LogP contribution in [0.2, 0.25) is 0 Å². The monoisotopic (exact) mass is 463 g/mol. The van der Waals surface area contributed by atoms with Crippen molar-refractivity contribution >= 4 is 21.5 Å². The maximum atomic E-state index is 2.60. The van der Waals surface area contributed by atoms with Gasteiger partial charge in [0, 0.05) is 25.2 Å². The van der Waals surface area contributed by atoms with E-state index < -0.39 is 0 Å². The van der Waals surface area contributed by atoms with Gasteiger partial charge in [0.05, 0.1) is 6.67 Å². The predicted molar refractivity (Wildman–Crippen MR) is 150 cm³/mol. The average molecular weight is 464 g/mol. The Morgan fingerprint density at radius 2 is 0.886 bits per heavy atom. The van der Waals surface area contributed by atoms with Gasteiger partial charge in [-0.2, -0.15) is 0 Å². The minimum atomic E-state index is 0.0906. The van der Waals surface area contributed by atoms with Crippen molar-refractivity contribution in [1.82, 2.24) is 9.80 Å². The first-order valence-electron chi connectivity index (χ1n) is 13.0. The molecule has 35 heavy (non-hydrogen) atoms. The lowest BCUT2D eigenvalue weighted by Crippen LogP contribution is -2.36. The Balaban J connectivity index is 1.54. The molecule has 0 spiro atoms. The molecule has 2 atom stereocenters. The van der Waals surface area contributed by atoms with E-state index in [0.29, 0.717) is 12.1 Å². The molecule has 1 radical (unpaired) electrons. The summed E-state index contributed by atoms with van der Waals surface area (Å²) in [5.41, 5.74) is 3.03. The Bertz CT molecular complexity index is 1210. The SMILES string of the molecule is CC(C)(C)[C@@H](c1cccc2ccccc12)N1[CH]N([C@H](c2cccc3ccccc23)C(C)(C)C)CC1. The molecule has 2 nitrogen and oxygen atoms in total. The summed E-state index contributed by atoms with van der Waals surface area (Å²) in [5.74, 6) is 0. The average Bonchev–Trinajstić information content (AvgIpc) is 3.26. The van der Waals surface area contributed by atoms with E-state index in [9.17, 15) is 0 Å². The van der Waals surface area contributed by atoms with Gasteiger partial charge in [-0.25, -0.2) is 0 Å². The van der Waals surface area contributed by atoms with E-state index in [4.69, 9.17) is 0 Å². The van der Waals surface area contributed by atoms with E-state index in [0.717, 1.165) is 13.1 Å². The molecule has 1 aliphatic rings. The van der Waals surface area contributed by atoms with Crippen molar-refractivity contribution in [3.63, 3.8) is 0 Å². The summed E-state index contributed by atoms with van der Waals surface area (Å²) in [5, 5.41) is 5.36. The van der Waals surface area contributed by atoms with E-state index in [1.54, 1.807) is 0 Å². The van der Waals surface area contributed by atoms with Crippen molar-refractivity contribution in [2.45, 2.75) is 53.6 Å². The van der Waals surface area contributed by atoms with Crippen LogP contribution in [-0.2, 0) is 0 Å². The molecule has 1 aliphatic heterocycles. The fraction of sp³-hybridized carbons (Fsp3) is 0.364. The van der Waals surface area contributed by atoms with Gasteiger partial charge in [-0.05, 0) is 43.5 Å². The predicted octanol–water partition coefficient (Wildman–Crippen LogP) is 8.60. The third-order valence-electron chi connectivity index (χ3n) is 7.45. The van der Waals surface area contributed by atoms with E-state index >= 15 is 0 Å². The number of nitrogens with zero attached hydrogens (tertiary/aromatic N) is 2. The van der Waals surface area contributed by atoms with Gasteiger partial charge in [-0.15, -0.1) is 0 Å². The normalized spacial score (nSPS) is 17.8. The minimum Gasteiger partial charge on any atom is -0.276 e. The minimum absolute atomic E-state index is 0.0906. The van der Waals surface area contributed by atoms with Gasteiger partial charge >= 0.3 is 0 Å². The molecule has 1 saturated heterocycles. The zero-order valence-electron chi connectivity index (χ0n) is 22.1. The van der Waals surface area contributed by atoms with Gasteiger partial charge in [-0.3, -0.25) is 9.80 Å². The van der Waals surface area contributed by atoms with Crippen molar-refractivity contribution in [3.05, 3.63) is 103 Å². The Labute approximate surface area is 211 Å². The van der Waals surface area contributed by atoms with Crippen molar-refractivity contribution < 1.29 is 0 Å². The topological polar surface area (TPSA) is 6.48 Å². The highest BCUT2D eigenvalue weighted by molar-refractivity contribution is 5.87. The van der Waals surface area contributed by atoms with Crippen LogP contribution in [0.1, 0.15) is 64.8 Å². The van der Waals surface area contributed by atoms with Crippen LogP contribution < -0.4 is 0 Å². The molecule has 5 rings (SSSR count). The molecule has 4 aromatic rings. The van der Waals surface area contributed by atoms with Crippen LogP contribution in [0, 0.1) is 17.5 Å². The fourth-order valence-electron chi connectivity index (χ4n) is 6.19. The van der Waals surface area contributed by atoms with Crippen molar-refractivity contribution in [2.24, 2.45) is 10.8 Å². The highest BCUT2D eigenvalue weighted by Crippen LogP contribution is 2.47. The largest absolute Gasteiger partial charge is 0.276 e. The Hall–Kier alpha value is -2.68. The molecule has 0 saturated carbocycles. The third kappa shape index (κ3) is 4.62. The van der Waals surface area contributed by atoms with Crippen LogP contribution in [0.15, 0.2) is 84.9 Å². The number of hydrogen-bond acceptors (Lipinski definition) is 2. The van der Waals surface area contributed by atoms with Crippen LogP contribution in [0.5, 0.6) is 0 Å². The number of rotatable bonds is 4. The number of hydrogen-bond donors (Lipinski definition) is 0. The molecule has 181 valence electrons. The van der Waals surface area contributed by atoms with E-state index in [1.165, 1.54) is 32.7 Å². The molecule has 0 aromatic heterocycles. The molecule has 0 amide bonds. The van der Waals surface area contributed by atoms with Crippen LogP contribution in [0.3, 0.4) is 0 Å². The number of benzene rings is 4. The summed E-state index contributed by atoms with van der Waals surface area (Å²) in [6, 6.07) is 31.8. The molecule has 4 aromatic carbocycles. The molecule has 0 bridgehead atoms. The van der Waals surface area contributed by atoms with Crippen molar-refractivity contribution in [2.75, 3.05) is 13.1 Å². The zero-order chi connectivity index (χ0) is 24.8. The van der Waals surface area contributed by atoms with Gasteiger partial charge in [-0.1, -0.05) is 126 Å². The first-order chi connectivity index (χ1) is 16.6. The standard InChI is InChI=1S/C33H39N2/c1-32(2,3)30(28-19-11-15-24-13-7-9-17-26(24)28)34-21-22-35(23-34)31(33(4,5)6)29-20-12-16-25-14-8-10-18-27(25)29/h7-20,23,30-31H,21-22H2,1-6H3/t30-,31-/m1/s1. The molecule has 0 aliphatic carbocycles. The molecular weight excluding hydrogens is 424 g/mol. The lowest BCUT2D eigenvalue weighted by molar-refractivity contribution is 0.106. The van der Waals surface area contributed by atoms with E-state index in [1.807, 2.05) is 0 Å². The summed E-state index contributed by atoms with van der Waals surface area (Å²) in [6.07, 6.45) is 0. The molecule has 2 heteroatoms. The van der Waals surface area contributed by atoms with E-state index in [2.05, 4.69) is 143 Å². The smallest absolute Gasteiger partial charge is 0.0933 e. The molecular formula is C33H39N2. The van der Waals surface area contributed by atoms with Crippen LogP contribution in [0.25, 0.3) is 21.5 Å². The van der Waals surface area contributed by atoms with Crippen LogP contribution in [0.4, 0.5) is 0 Å². The quantitative estimate of drug-likeness (QED) is 0.299. The second-order valence-electron chi connectivity index (χ2n) is 12.3. The van der Waals surface area contributed by atoms with E-state index in [-0.39, 0.29) is 10.8 Å². The molecule has 1 heterocycles. The maximum Gasteiger partial charge on any atom is 0.0933 e. The Morgan fingerprint density at radius 1 is 0.514 bits per heavy atom. The molecule has 0 N–H and O–H groups in total. The second kappa shape index (κ2) is 9.08. The van der Waals surface area contributed by atoms with Gasteiger partial charge in [0.15, 0.2) is 0 Å². The molecule has 0 unspecified atom stereocenters. The van der Waals surface area contributed by atoms with Gasteiger partial charge < -0.3 is 0 Å². The first kappa shape index (κ1) is 24.0. The summed E-state index contributed by atoms with van der Waals surface area (Å²) >= 11 is 0. The summed E-state index contributed by atoms with van der Waals surface area (Å²) in [6.45, 7) is 18.8. The summed E-state index contributed by atoms with van der Waals surface area (Å²) in [4.78, 5) is 5.21. The zero-order valence-corrected chi connectivity index (χ0v) is 22.1. The van der Waals surface area contributed by atoms with Gasteiger partial charge in [0.25, 0.3) is 0 Å².